The van der Waals surface area contributed by atoms with E-state index in [2.05, 4.69) is 15.1 Å². The molecule has 2 heterocycles. The number of benzene rings is 1. The zero-order valence-electron chi connectivity index (χ0n) is 10.5. The van der Waals surface area contributed by atoms with Crippen LogP contribution in [0.4, 0.5) is 5.82 Å². The summed E-state index contributed by atoms with van der Waals surface area (Å²) in [7, 11) is 1.83. The molecule has 0 aliphatic heterocycles. The molecule has 5 nitrogen and oxygen atoms in total. The van der Waals surface area contributed by atoms with Gasteiger partial charge in [-0.1, -0.05) is 30.3 Å². The normalized spacial score (nSPS) is 10.6. The van der Waals surface area contributed by atoms with E-state index in [0.29, 0.717) is 5.82 Å². The Bertz CT molecular complexity index is 689. The molecule has 2 N–H and O–H groups in total. The fraction of sp³-hybridized carbons (Fsp3) is 0.0714. The van der Waals surface area contributed by atoms with Crippen LogP contribution in [0.15, 0.2) is 49.1 Å². The number of aryl methyl sites for hydroxylation is 1. The highest BCUT2D eigenvalue weighted by atomic mass is 15.3. The Hall–Kier alpha value is -2.69. The van der Waals surface area contributed by atoms with Crippen molar-refractivity contribution in [1.29, 1.82) is 0 Å². The van der Waals surface area contributed by atoms with Gasteiger partial charge in [0.25, 0.3) is 0 Å². The van der Waals surface area contributed by atoms with Gasteiger partial charge in [-0.2, -0.15) is 5.10 Å². The van der Waals surface area contributed by atoms with Crippen LogP contribution in [-0.2, 0) is 7.05 Å². The van der Waals surface area contributed by atoms with Crippen molar-refractivity contribution in [3.05, 3.63) is 49.1 Å². The molecule has 0 saturated heterocycles. The number of hydrogen-bond acceptors (Lipinski definition) is 4. The van der Waals surface area contributed by atoms with Crippen LogP contribution < -0.4 is 5.73 Å². The molecule has 0 radical (unpaired) electrons. The van der Waals surface area contributed by atoms with E-state index in [1.54, 1.807) is 17.1 Å². The molecule has 0 aliphatic carbocycles. The Morgan fingerprint density at radius 1 is 1.00 bits per heavy atom. The van der Waals surface area contributed by atoms with Crippen LogP contribution in [0.2, 0.25) is 0 Å². The molecule has 0 aliphatic rings. The minimum Gasteiger partial charge on any atom is -0.383 e. The van der Waals surface area contributed by atoms with E-state index in [9.17, 15) is 0 Å². The fourth-order valence-corrected chi connectivity index (χ4v) is 2.05. The lowest BCUT2D eigenvalue weighted by atomic mass is 10.0. The molecule has 3 rings (SSSR count). The van der Waals surface area contributed by atoms with Crippen molar-refractivity contribution >= 4 is 5.82 Å². The topological polar surface area (TPSA) is 69.6 Å². The molecule has 0 bridgehead atoms. The molecule has 0 unspecified atom stereocenters. The minimum absolute atomic E-state index is 0.630. The first-order valence-corrected chi connectivity index (χ1v) is 5.90. The van der Waals surface area contributed by atoms with E-state index >= 15 is 0 Å². The molecule has 0 fully saturated rings. The quantitative estimate of drug-likeness (QED) is 0.757. The lowest BCUT2D eigenvalue weighted by Gasteiger charge is -2.03. The van der Waals surface area contributed by atoms with Crippen LogP contribution in [0.3, 0.4) is 0 Å². The Morgan fingerprint density at radius 3 is 2.37 bits per heavy atom. The standard InChI is InChI=1S/C14H13N5/c1-19-14(15)12(10-5-3-2-4-6-10)13(18-19)11-7-16-9-17-8-11/h2-9H,15H2,1H3. The van der Waals surface area contributed by atoms with Crippen LogP contribution >= 0.6 is 0 Å². The summed E-state index contributed by atoms with van der Waals surface area (Å²) in [6, 6.07) is 9.96. The SMILES string of the molecule is Cn1nc(-c2cncnc2)c(-c2ccccc2)c1N. The molecule has 0 atom stereocenters. The second-order valence-corrected chi connectivity index (χ2v) is 4.23. The van der Waals surface area contributed by atoms with Crippen molar-refractivity contribution in [1.82, 2.24) is 19.7 Å². The first-order valence-electron chi connectivity index (χ1n) is 5.90. The highest BCUT2D eigenvalue weighted by Crippen LogP contribution is 2.34. The van der Waals surface area contributed by atoms with Gasteiger partial charge in [-0.3, -0.25) is 4.68 Å². The van der Waals surface area contributed by atoms with E-state index in [1.807, 2.05) is 37.4 Å². The van der Waals surface area contributed by atoms with Crippen LogP contribution in [0.5, 0.6) is 0 Å². The van der Waals surface area contributed by atoms with E-state index < -0.39 is 0 Å². The maximum atomic E-state index is 6.13. The summed E-state index contributed by atoms with van der Waals surface area (Å²) in [6.45, 7) is 0. The smallest absolute Gasteiger partial charge is 0.129 e. The summed E-state index contributed by atoms with van der Waals surface area (Å²) < 4.78 is 1.67. The number of nitrogens with zero attached hydrogens (tertiary/aromatic N) is 4. The number of nitrogen functional groups attached to an aromatic ring is 1. The van der Waals surface area contributed by atoms with Crippen LogP contribution in [-0.4, -0.2) is 19.7 Å². The summed E-state index contributed by atoms with van der Waals surface area (Å²) in [4.78, 5) is 8.07. The number of nitrogens with two attached hydrogens (primary N) is 1. The van der Waals surface area contributed by atoms with Gasteiger partial charge in [-0.25, -0.2) is 9.97 Å². The highest BCUT2D eigenvalue weighted by Gasteiger charge is 2.17. The average molecular weight is 251 g/mol. The van der Waals surface area contributed by atoms with Gasteiger partial charge in [-0.15, -0.1) is 0 Å². The van der Waals surface area contributed by atoms with Gasteiger partial charge in [-0.05, 0) is 5.56 Å². The largest absolute Gasteiger partial charge is 0.383 e. The summed E-state index contributed by atoms with van der Waals surface area (Å²) in [6.07, 6.45) is 4.97. The lowest BCUT2D eigenvalue weighted by Crippen LogP contribution is -1.97. The molecule has 3 aromatic rings. The van der Waals surface area contributed by atoms with Crippen LogP contribution in [0, 0.1) is 0 Å². The molecule has 0 spiro atoms. The average Bonchev–Trinajstić information content (AvgIpc) is 2.77. The van der Waals surface area contributed by atoms with Crippen molar-refractivity contribution in [2.24, 2.45) is 7.05 Å². The number of rotatable bonds is 2. The number of aromatic nitrogens is 4. The second-order valence-electron chi connectivity index (χ2n) is 4.23. The van der Waals surface area contributed by atoms with Crippen molar-refractivity contribution in [3.63, 3.8) is 0 Å². The Kier molecular flexibility index (Phi) is 2.72. The molecule has 19 heavy (non-hydrogen) atoms. The minimum atomic E-state index is 0.630. The first-order chi connectivity index (χ1) is 9.27. The summed E-state index contributed by atoms with van der Waals surface area (Å²) in [5.41, 5.74) is 9.73. The summed E-state index contributed by atoms with van der Waals surface area (Å²) in [5.74, 6) is 0.630. The third-order valence-electron chi connectivity index (χ3n) is 2.99. The van der Waals surface area contributed by atoms with E-state index in [1.165, 1.54) is 6.33 Å². The molecule has 5 heteroatoms. The molecule has 2 aromatic heterocycles. The zero-order chi connectivity index (χ0) is 13.2. The Labute approximate surface area is 110 Å². The monoisotopic (exact) mass is 251 g/mol. The molecular weight excluding hydrogens is 238 g/mol. The summed E-state index contributed by atoms with van der Waals surface area (Å²) in [5, 5.41) is 4.47. The molecule has 0 saturated carbocycles. The Morgan fingerprint density at radius 2 is 1.68 bits per heavy atom. The third kappa shape index (κ3) is 1.95. The number of hydrogen-bond donors (Lipinski definition) is 1. The maximum absolute atomic E-state index is 6.13. The fourth-order valence-electron chi connectivity index (χ4n) is 2.05. The highest BCUT2D eigenvalue weighted by molar-refractivity contribution is 5.87. The van der Waals surface area contributed by atoms with Crippen molar-refractivity contribution in [2.75, 3.05) is 5.73 Å². The van der Waals surface area contributed by atoms with Gasteiger partial charge < -0.3 is 5.73 Å². The van der Waals surface area contributed by atoms with Gasteiger partial charge in [0, 0.05) is 25.0 Å². The van der Waals surface area contributed by atoms with Crippen molar-refractivity contribution < 1.29 is 0 Å². The number of anilines is 1. The van der Waals surface area contributed by atoms with Crippen LogP contribution in [0.25, 0.3) is 22.4 Å². The van der Waals surface area contributed by atoms with Crippen molar-refractivity contribution in [2.45, 2.75) is 0 Å². The lowest BCUT2D eigenvalue weighted by molar-refractivity contribution is 0.782. The van der Waals surface area contributed by atoms with Crippen molar-refractivity contribution in [3.8, 4) is 22.4 Å². The molecule has 1 aromatic carbocycles. The predicted octanol–water partition coefficient (Wildman–Crippen LogP) is 2.13. The van der Waals surface area contributed by atoms with Gasteiger partial charge >= 0.3 is 0 Å². The van der Waals surface area contributed by atoms with E-state index in [-0.39, 0.29) is 0 Å². The predicted molar refractivity (Wildman–Crippen MR) is 74.1 cm³/mol. The zero-order valence-corrected chi connectivity index (χ0v) is 10.5. The van der Waals surface area contributed by atoms with Gasteiger partial charge in [0.2, 0.25) is 0 Å². The maximum Gasteiger partial charge on any atom is 0.129 e. The second kappa shape index (κ2) is 4.53. The van der Waals surface area contributed by atoms with Gasteiger partial charge in [0.05, 0.1) is 5.56 Å². The summed E-state index contributed by atoms with van der Waals surface area (Å²) >= 11 is 0. The van der Waals surface area contributed by atoms with E-state index in [4.69, 9.17) is 5.73 Å². The van der Waals surface area contributed by atoms with E-state index in [0.717, 1.165) is 22.4 Å². The third-order valence-corrected chi connectivity index (χ3v) is 2.99. The van der Waals surface area contributed by atoms with Crippen LogP contribution in [0.1, 0.15) is 0 Å². The first kappa shape index (κ1) is 11.4. The van der Waals surface area contributed by atoms with Gasteiger partial charge in [0.1, 0.15) is 17.8 Å². The molecule has 94 valence electrons. The molecule has 0 amide bonds. The Balaban J connectivity index is 2.25. The molecular formula is C14H13N5. The van der Waals surface area contributed by atoms with Gasteiger partial charge in [0.15, 0.2) is 0 Å².